The van der Waals surface area contributed by atoms with Gasteiger partial charge in [0.25, 0.3) is 5.91 Å². The largest absolute Gasteiger partial charge is 0.476 e. The minimum absolute atomic E-state index is 0.0318. The Bertz CT molecular complexity index is 1590. The number of nitrogens with one attached hydrogen (secondary N) is 2. The van der Waals surface area contributed by atoms with Gasteiger partial charge in [-0.2, -0.15) is 0 Å². The maximum Gasteiger partial charge on any atom is 0.259 e. The van der Waals surface area contributed by atoms with E-state index in [1.54, 1.807) is 0 Å². The van der Waals surface area contributed by atoms with E-state index in [1.165, 1.54) is 11.0 Å². The van der Waals surface area contributed by atoms with E-state index in [1.807, 2.05) is 52.0 Å². The van der Waals surface area contributed by atoms with Crippen LogP contribution in [0.15, 0.2) is 36.9 Å². The highest BCUT2D eigenvalue weighted by Gasteiger charge is 2.62. The Morgan fingerprint density at radius 1 is 1.18 bits per heavy atom. The minimum atomic E-state index is -3.84. The summed E-state index contributed by atoms with van der Waals surface area (Å²) in [4.78, 5) is 42.2. The van der Waals surface area contributed by atoms with Crippen molar-refractivity contribution in [1.29, 1.82) is 0 Å². The number of hydrogen-bond donors (Lipinski definition) is 3. The van der Waals surface area contributed by atoms with Gasteiger partial charge < -0.3 is 25.4 Å². The number of amides is 3. The summed E-state index contributed by atoms with van der Waals surface area (Å²) in [5.74, 6) is -1.76. The lowest BCUT2D eigenvalue weighted by Gasteiger charge is -2.33. The molecule has 5 rings (SSSR count). The maximum absolute atomic E-state index is 13.9. The molecule has 238 valence electrons. The number of rotatable bonds is 11. The SMILES string of the molecule is C=C[C@@H]1C[C@@]1(NC(=O)[C@H]1C[C@@H](Oc2nnc(OCC)c3ccccc23)CN1C(=O)[C@@H](N)C(C)(C)C)C(=O)NS(=O)(=O)C1CC1. The third-order valence-electron chi connectivity index (χ3n) is 8.48. The molecule has 1 aromatic carbocycles. The second kappa shape index (κ2) is 11.6. The summed E-state index contributed by atoms with van der Waals surface area (Å²) in [6, 6.07) is 5.36. The molecule has 2 aromatic rings. The van der Waals surface area contributed by atoms with Crippen molar-refractivity contribution in [2.24, 2.45) is 17.1 Å². The summed E-state index contributed by atoms with van der Waals surface area (Å²) in [6.07, 6.45) is 2.08. The fraction of sp³-hybridized carbons (Fsp3) is 0.567. The molecule has 3 aliphatic rings. The van der Waals surface area contributed by atoms with Crippen molar-refractivity contribution in [3.8, 4) is 11.8 Å². The van der Waals surface area contributed by atoms with E-state index in [0.29, 0.717) is 36.1 Å². The summed E-state index contributed by atoms with van der Waals surface area (Å²) in [5, 5.41) is 11.9. The van der Waals surface area contributed by atoms with Crippen molar-refractivity contribution >= 4 is 38.5 Å². The number of nitrogens with zero attached hydrogens (tertiary/aromatic N) is 3. The highest BCUT2D eigenvalue weighted by Crippen LogP contribution is 2.45. The molecule has 3 fully saturated rings. The highest BCUT2D eigenvalue weighted by molar-refractivity contribution is 7.91. The Morgan fingerprint density at radius 3 is 2.39 bits per heavy atom. The van der Waals surface area contributed by atoms with Crippen molar-refractivity contribution < 1.29 is 32.3 Å². The smallest absolute Gasteiger partial charge is 0.259 e. The fourth-order valence-corrected chi connectivity index (χ4v) is 6.85. The number of ether oxygens (including phenoxy) is 2. The first-order chi connectivity index (χ1) is 20.7. The van der Waals surface area contributed by atoms with Crippen molar-refractivity contribution in [1.82, 2.24) is 25.1 Å². The molecule has 2 heterocycles. The van der Waals surface area contributed by atoms with Crippen LogP contribution < -0.4 is 25.2 Å². The van der Waals surface area contributed by atoms with Crippen LogP contribution in [0.3, 0.4) is 0 Å². The lowest BCUT2D eigenvalue weighted by molar-refractivity contribution is -0.142. The summed E-state index contributed by atoms with van der Waals surface area (Å²) in [6.45, 7) is 11.5. The quantitative estimate of drug-likeness (QED) is 0.308. The van der Waals surface area contributed by atoms with Crippen molar-refractivity contribution in [3.05, 3.63) is 36.9 Å². The van der Waals surface area contributed by atoms with Gasteiger partial charge in [0.2, 0.25) is 33.6 Å². The average molecular weight is 629 g/mol. The Kier molecular flexibility index (Phi) is 8.35. The van der Waals surface area contributed by atoms with Crippen LogP contribution in [0.5, 0.6) is 11.8 Å². The molecular weight excluding hydrogens is 588 g/mol. The van der Waals surface area contributed by atoms with Gasteiger partial charge in [0.1, 0.15) is 17.7 Å². The van der Waals surface area contributed by atoms with Crippen LogP contribution in [-0.4, -0.2) is 83.4 Å². The van der Waals surface area contributed by atoms with Crippen molar-refractivity contribution in [3.63, 3.8) is 0 Å². The molecule has 0 unspecified atom stereocenters. The normalized spacial score (nSPS) is 25.7. The van der Waals surface area contributed by atoms with Crippen LogP contribution in [-0.2, 0) is 24.4 Å². The maximum atomic E-state index is 13.9. The van der Waals surface area contributed by atoms with E-state index in [2.05, 4.69) is 26.8 Å². The van der Waals surface area contributed by atoms with Crippen LogP contribution in [0.1, 0.15) is 53.4 Å². The van der Waals surface area contributed by atoms with Gasteiger partial charge in [-0.15, -0.1) is 16.8 Å². The molecule has 0 spiro atoms. The molecule has 5 atom stereocenters. The molecule has 4 N–H and O–H groups in total. The van der Waals surface area contributed by atoms with Gasteiger partial charge in [0.15, 0.2) is 0 Å². The number of fused-ring (bicyclic) bond motifs is 1. The molecule has 0 bridgehead atoms. The Labute approximate surface area is 257 Å². The summed E-state index contributed by atoms with van der Waals surface area (Å²) in [7, 11) is -3.84. The van der Waals surface area contributed by atoms with E-state index < -0.39 is 68.1 Å². The first kappa shape index (κ1) is 31.6. The number of likely N-dealkylation sites (tertiary alicyclic amines) is 1. The first-order valence-corrected chi connectivity index (χ1v) is 16.4. The molecule has 44 heavy (non-hydrogen) atoms. The zero-order chi connectivity index (χ0) is 32.0. The lowest BCUT2D eigenvalue weighted by atomic mass is 9.86. The van der Waals surface area contributed by atoms with Crippen LogP contribution in [0.25, 0.3) is 10.8 Å². The molecule has 2 saturated carbocycles. The van der Waals surface area contributed by atoms with E-state index in [-0.39, 0.29) is 25.3 Å². The Morgan fingerprint density at radius 2 is 1.82 bits per heavy atom. The second-order valence-corrected chi connectivity index (χ2v) is 14.8. The molecule has 1 saturated heterocycles. The topological polar surface area (TPSA) is 183 Å². The second-order valence-electron chi connectivity index (χ2n) is 12.8. The van der Waals surface area contributed by atoms with Crippen LogP contribution in [0, 0.1) is 11.3 Å². The monoisotopic (exact) mass is 628 g/mol. The number of hydrogen-bond acceptors (Lipinski definition) is 10. The van der Waals surface area contributed by atoms with Crippen LogP contribution >= 0.6 is 0 Å². The van der Waals surface area contributed by atoms with E-state index in [9.17, 15) is 22.8 Å². The number of sulfonamides is 1. The number of benzene rings is 1. The number of nitrogens with two attached hydrogens (primary N) is 1. The zero-order valence-electron chi connectivity index (χ0n) is 25.4. The predicted octanol–water partition coefficient (Wildman–Crippen LogP) is 1.42. The lowest BCUT2D eigenvalue weighted by Crippen LogP contribution is -2.59. The van der Waals surface area contributed by atoms with Gasteiger partial charge in [-0.3, -0.25) is 19.1 Å². The molecular formula is C30H40N6O7S. The van der Waals surface area contributed by atoms with Crippen LogP contribution in [0.4, 0.5) is 0 Å². The Hall–Kier alpha value is -3.78. The van der Waals surface area contributed by atoms with E-state index >= 15 is 0 Å². The van der Waals surface area contributed by atoms with Gasteiger partial charge in [-0.05, 0) is 43.7 Å². The van der Waals surface area contributed by atoms with Crippen molar-refractivity contribution in [2.75, 3.05) is 13.2 Å². The summed E-state index contributed by atoms with van der Waals surface area (Å²) < 4.78 is 39.1. The number of aromatic nitrogens is 2. The molecule has 2 aliphatic carbocycles. The van der Waals surface area contributed by atoms with Gasteiger partial charge in [-0.1, -0.05) is 39.0 Å². The van der Waals surface area contributed by atoms with Crippen molar-refractivity contribution in [2.45, 2.75) is 82.4 Å². The number of carbonyl (C=O) groups is 3. The number of carbonyl (C=O) groups excluding carboxylic acids is 3. The molecule has 13 nitrogen and oxygen atoms in total. The first-order valence-electron chi connectivity index (χ1n) is 14.8. The zero-order valence-corrected chi connectivity index (χ0v) is 26.2. The van der Waals surface area contributed by atoms with Gasteiger partial charge in [0.05, 0.1) is 35.2 Å². The third-order valence-corrected chi connectivity index (χ3v) is 10.3. The molecule has 3 amide bonds. The summed E-state index contributed by atoms with van der Waals surface area (Å²) >= 11 is 0. The average Bonchev–Trinajstić information content (AvgIpc) is 3.90. The van der Waals surface area contributed by atoms with Gasteiger partial charge in [0, 0.05) is 12.3 Å². The molecule has 1 aromatic heterocycles. The summed E-state index contributed by atoms with van der Waals surface area (Å²) in [5.41, 5.74) is 4.26. The van der Waals surface area contributed by atoms with E-state index in [4.69, 9.17) is 15.2 Å². The van der Waals surface area contributed by atoms with E-state index in [0.717, 1.165) is 0 Å². The fourth-order valence-electron chi connectivity index (χ4n) is 5.49. The minimum Gasteiger partial charge on any atom is -0.476 e. The predicted molar refractivity (Wildman–Crippen MR) is 162 cm³/mol. The molecule has 1 aliphatic heterocycles. The molecule has 14 heteroatoms. The highest BCUT2D eigenvalue weighted by atomic mass is 32.2. The third kappa shape index (κ3) is 6.09. The van der Waals surface area contributed by atoms with Gasteiger partial charge in [-0.25, -0.2) is 8.42 Å². The standard InChI is InChI=1S/C30H40N6O7S/c1-6-17-15-30(17,28(39)35-44(40,41)19-12-13-19)32-24(37)22-14-18(16-36(22)27(38)23(31)29(3,4)5)43-26-21-11-9-8-10-20(21)25(33-34-26)42-7-2/h6,8-11,17-19,22-23H,1,7,12-16,31H2,2-5H3,(H,32,37)(H,35,39)/t17-,18-,22-,23-,30+/m1/s1. The molecule has 0 radical (unpaired) electrons. The van der Waals surface area contributed by atoms with Crippen LogP contribution in [0.2, 0.25) is 0 Å². The Balaban J connectivity index is 1.40. The van der Waals surface area contributed by atoms with Gasteiger partial charge >= 0.3 is 0 Å².